The van der Waals surface area contributed by atoms with E-state index >= 15 is 0 Å². The van der Waals surface area contributed by atoms with Gasteiger partial charge in [-0.25, -0.2) is 0 Å². The third-order valence-electron chi connectivity index (χ3n) is 5.31. The van der Waals surface area contributed by atoms with Crippen molar-refractivity contribution in [1.82, 2.24) is 0 Å². The van der Waals surface area contributed by atoms with Crippen LogP contribution < -0.4 is 4.90 Å². The number of fused-ring (bicyclic) bond motifs is 1. The molecule has 0 amide bonds. The van der Waals surface area contributed by atoms with Gasteiger partial charge in [-0.3, -0.25) is 0 Å². The number of anilines is 2. The molecule has 1 aliphatic rings. The van der Waals surface area contributed by atoms with Crippen molar-refractivity contribution in [3.8, 4) is 0 Å². The van der Waals surface area contributed by atoms with Crippen LogP contribution in [-0.4, -0.2) is 5.11 Å². The molecule has 126 valence electrons. The van der Waals surface area contributed by atoms with E-state index in [1.54, 1.807) is 0 Å². The highest BCUT2D eigenvalue weighted by atomic mass is 16.3. The first-order valence-corrected chi connectivity index (χ1v) is 8.94. The standard InChI is InChI=1S/C23H23NO/c1-2-23(25)17-22(18-11-5-3-6-12-18)24(19-13-7-4-8-14-19)21-16-10-9-15-20(21)23/h3-16,22,25H,2,17H2,1H3/t22-,23+/m0/s1. The van der Waals surface area contributed by atoms with Gasteiger partial charge in [-0.2, -0.15) is 0 Å². The fourth-order valence-corrected chi connectivity index (χ4v) is 3.95. The van der Waals surface area contributed by atoms with Crippen LogP contribution in [0.2, 0.25) is 0 Å². The molecule has 1 aliphatic heterocycles. The van der Waals surface area contributed by atoms with Crippen molar-refractivity contribution in [3.05, 3.63) is 96.1 Å². The summed E-state index contributed by atoms with van der Waals surface area (Å²) in [5.41, 5.74) is 3.70. The molecule has 0 aliphatic carbocycles. The highest BCUT2D eigenvalue weighted by Crippen LogP contribution is 2.51. The predicted molar refractivity (Wildman–Crippen MR) is 103 cm³/mol. The molecule has 0 fully saturated rings. The average molecular weight is 329 g/mol. The molecule has 3 aromatic carbocycles. The van der Waals surface area contributed by atoms with Gasteiger partial charge >= 0.3 is 0 Å². The first-order valence-electron chi connectivity index (χ1n) is 8.94. The van der Waals surface area contributed by atoms with Crippen LogP contribution in [0.3, 0.4) is 0 Å². The number of rotatable bonds is 3. The lowest BCUT2D eigenvalue weighted by molar-refractivity contribution is 0.0117. The smallest absolute Gasteiger partial charge is 0.0937 e. The normalized spacial score (nSPS) is 22.5. The summed E-state index contributed by atoms with van der Waals surface area (Å²) >= 11 is 0. The van der Waals surface area contributed by atoms with E-state index in [1.165, 1.54) is 5.56 Å². The first kappa shape index (κ1) is 15.9. The van der Waals surface area contributed by atoms with Crippen LogP contribution in [0.25, 0.3) is 0 Å². The van der Waals surface area contributed by atoms with Gasteiger partial charge in [0.05, 0.1) is 11.6 Å². The summed E-state index contributed by atoms with van der Waals surface area (Å²) in [4.78, 5) is 2.37. The van der Waals surface area contributed by atoms with Gasteiger partial charge in [-0.1, -0.05) is 73.7 Å². The Hall–Kier alpha value is -2.58. The number of hydrogen-bond donors (Lipinski definition) is 1. The van der Waals surface area contributed by atoms with Crippen LogP contribution in [0.15, 0.2) is 84.9 Å². The van der Waals surface area contributed by atoms with Crippen LogP contribution in [0.5, 0.6) is 0 Å². The number of para-hydroxylation sites is 2. The Morgan fingerprint density at radius 3 is 2.16 bits per heavy atom. The molecule has 4 rings (SSSR count). The fourth-order valence-electron chi connectivity index (χ4n) is 3.95. The molecule has 0 aromatic heterocycles. The summed E-state index contributed by atoms with van der Waals surface area (Å²) in [6.07, 6.45) is 1.38. The Morgan fingerprint density at radius 1 is 0.880 bits per heavy atom. The van der Waals surface area contributed by atoms with E-state index < -0.39 is 5.60 Å². The van der Waals surface area contributed by atoms with Gasteiger partial charge in [0.15, 0.2) is 0 Å². The van der Waals surface area contributed by atoms with E-state index in [2.05, 4.69) is 78.6 Å². The molecule has 2 heteroatoms. The van der Waals surface area contributed by atoms with E-state index in [0.29, 0.717) is 12.8 Å². The van der Waals surface area contributed by atoms with Gasteiger partial charge in [0, 0.05) is 23.4 Å². The molecule has 0 unspecified atom stereocenters. The Morgan fingerprint density at radius 2 is 1.48 bits per heavy atom. The van der Waals surface area contributed by atoms with Gasteiger partial charge in [0.1, 0.15) is 0 Å². The molecular weight excluding hydrogens is 306 g/mol. The van der Waals surface area contributed by atoms with Crippen molar-refractivity contribution in [2.75, 3.05) is 4.90 Å². The summed E-state index contributed by atoms with van der Waals surface area (Å²) in [6.45, 7) is 2.07. The van der Waals surface area contributed by atoms with E-state index in [4.69, 9.17) is 0 Å². The Bertz CT molecular complexity index is 846. The van der Waals surface area contributed by atoms with Gasteiger partial charge in [-0.05, 0) is 30.2 Å². The van der Waals surface area contributed by atoms with Crippen molar-refractivity contribution in [3.63, 3.8) is 0 Å². The first-order chi connectivity index (χ1) is 12.2. The van der Waals surface area contributed by atoms with Crippen LogP contribution >= 0.6 is 0 Å². The molecule has 0 spiro atoms. The predicted octanol–water partition coefficient (Wildman–Crippen LogP) is 5.57. The van der Waals surface area contributed by atoms with Gasteiger partial charge in [0.2, 0.25) is 0 Å². The molecule has 2 atom stereocenters. The summed E-state index contributed by atoms with van der Waals surface area (Å²) in [5.74, 6) is 0. The quantitative estimate of drug-likeness (QED) is 0.679. The number of nitrogens with zero attached hydrogens (tertiary/aromatic N) is 1. The molecule has 2 nitrogen and oxygen atoms in total. The zero-order valence-corrected chi connectivity index (χ0v) is 14.5. The molecule has 3 aromatic rings. The van der Waals surface area contributed by atoms with Crippen molar-refractivity contribution in [1.29, 1.82) is 0 Å². The second-order valence-electron chi connectivity index (χ2n) is 6.74. The van der Waals surface area contributed by atoms with E-state index in [-0.39, 0.29) is 6.04 Å². The third kappa shape index (κ3) is 2.73. The minimum atomic E-state index is -0.803. The van der Waals surface area contributed by atoms with Crippen LogP contribution in [-0.2, 0) is 5.60 Å². The molecule has 0 radical (unpaired) electrons. The Balaban J connectivity index is 1.94. The maximum absolute atomic E-state index is 11.4. The van der Waals surface area contributed by atoms with Gasteiger partial charge in [-0.15, -0.1) is 0 Å². The molecule has 1 N–H and O–H groups in total. The molecule has 1 heterocycles. The van der Waals surface area contributed by atoms with E-state index in [9.17, 15) is 5.11 Å². The van der Waals surface area contributed by atoms with Gasteiger partial charge < -0.3 is 10.0 Å². The van der Waals surface area contributed by atoms with Crippen LogP contribution in [0.4, 0.5) is 11.4 Å². The molecular formula is C23H23NO. The summed E-state index contributed by atoms with van der Waals surface area (Å²) in [7, 11) is 0. The molecule has 0 bridgehead atoms. The third-order valence-corrected chi connectivity index (χ3v) is 5.31. The van der Waals surface area contributed by atoms with E-state index in [0.717, 1.165) is 16.9 Å². The van der Waals surface area contributed by atoms with Crippen LogP contribution in [0, 0.1) is 0 Å². The lowest BCUT2D eigenvalue weighted by atomic mass is 9.77. The minimum absolute atomic E-state index is 0.100. The Labute approximate surface area is 149 Å². The lowest BCUT2D eigenvalue weighted by Gasteiger charge is -2.46. The minimum Gasteiger partial charge on any atom is -0.385 e. The summed E-state index contributed by atoms with van der Waals surface area (Å²) in [5, 5.41) is 11.4. The number of benzene rings is 3. The summed E-state index contributed by atoms with van der Waals surface area (Å²) in [6, 6.07) is 29.3. The lowest BCUT2D eigenvalue weighted by Crippen LogP contribution is -2.40. The van der Waals surface area contributed by atoms with Gasteiger partial charge in [0.25, 0.3) is 0 Å². The maximum Gasteiger partial charge on any atom is 0.0937 e. The summed E-state index contributed by atoms with van der Waals surface area (Å²) < 4.78 is 0. The highest BCUT2D eigenvalue weighted by Gasteiger charge is 2.42. The number of aliphatic hydroxyl groups is 1. The van der Waals surface area contributed by atoms with Crippen molar-refractivity contribution < 1.29 is 5.11 Å². The monoisotopic (exact) mass is 329 g/mol. The SMILES string of the molecule is CC[C@@]1(O)C[C@@H](c2ccccc2)N(c2ccccc2)c2ccccc21. The van der Waals surface area contributed by atoms with Crippen LogP contribution in [0.1, 0.15) is 36.9 Å². The van der Waals surface area contributed by atoms with Crippen molar-refractivity contribution in [2.45, 2.75) is 31.4 Å². The maximum atomic E-state index is 11.4. The zero-order chi connectivity index (χ0) is 17.3. The second-order valence-corrected chi connectivity index (χ2v) is 6.74. The zero-order valence-electron chi connectivity index (χ0n) is 14.5. The number of hydrogen-bond acceptors (Lipinski definition) is 2. The van der Waals surface area contributed by atoms with E-state index in [1.807, 2.05) is 18.2 Å². The Kier molecular flexibility index (Phi) is 4.06. The molecule has 0 saturated carbocycles. The second kappa shape index (κ2) is 6.38. The molecule has 0 saturated heterocycles. The largest absolute Gasteiger partial charge is 0.385 e. The van der Waals surface area contributed by atoms with Crippen molar-refractivity contribution in [2.24, 2.45) is 0 Å². The topological polar surface area (TPSA) is 23.5 Å². The average Bonchev–Trinajstić information content (AvgIpc) is 2.69. The fraction of sp³-hybridized carbons (Fsp3) is 0.217. The molecule has 25 heavy (non-hydrogen) atoms. The highest BCUT2D eigenvalue weighted by molar-refractivity contribution is 5.71. The van der Waals surface area contributed by atoms with Crippen molar-refractivity contribution >= 4 is 11.4 Å².